The van der Waals surface area contributed by atoms with Gasteiger partial charge in [-0.25, -0.2) is 9.79 Å². The highest BCUT2D eigenvalue weighted by atomic mass is 35.5. The van der Waals surface area contributed by atoms with Gasteiger partial charge in [0.05, 0.1) is 0 Å². The molecule has 0 fully saturated rings. The molecule has 3 rings (SSSR count). The molecule has 0 unspecified atom stereocenters. The van der Waals surface area contributed by atoms with Crippen LogP contribution in [-0.2, 0) is 9.53 Å². The molecular weight excluding hydrogens is 334 g/mol. The molecule has 1 heterocycles. The average Bonchev–Trinajstić information content (AvgIpc) is 2.94. The van der Waals surface area contributed by atoms with Crippen molar-refractivity contribution in [2.75, 3.05) is 0 Å². The number of esters is 1. The van der Waals surface area contributed by atoms with E-state index in [-0.39, 0.29) is 5.90 Å². The summed E-state index contributed by atoms with van der Waals surface area (Å²) < 4.78 is 5.18. The summed E-state index contributed by atoms with van der Waals surface area (Å²) in [6.45, 7) is 4.29. The van der Waals surface area contributed by atoms with Gasteiger partial charge in [0, 0.05) is 11.1 Å². The Morgan fingerprint density at radius 2 is 1.60 bits per heavy atom. The number of nitrogens with zero attached hydrogens (tertiary/aromatic N) is 1. The lowest BCUT2D eigenvalue weighted by Gasteiger charge is -2.04. The highest BCUT2D eigenvalue weighted by Gasteiger charge is 2.21. The second-order valence-corrected chi connectivity index (χ2v) is 6.51. The maximum Gasteiger partial charge on any atom is 0.363 e. The molecular formula is C21H18ClNO2. The molecule has 1 aliphatic heterocycles. The van der Waals surface area contributed by atoms with E-state index in [4.69, 9.17) is 16.3 Å². The molecule has 0 saturated carbocycles. The molecule has 0 aromatic heterocycles. The fourth-order valence-electron chi connectivity index (χ4n) is 2.37. The van der Waals surface area contributed by atoms with Gasteiger partial charge in [0.2, 0.25) is 5.90 Å². The van der Waals surface area contributed by atoms with Crippen molar-refractivity contribution >= 4 is 35.6 Å². The van der Waals surface area contributed by atoms with Gasteiger partial charge in [-0.15, -0.1) is 0 Å². The first-order chi connectivity index (χ1) is 12.0. The Labute approximate surface area is 152 Å². The average molecular weight is 352 g/mol. The molecule has 126 valence electrons. The lowest BCUT2D eigenvalue weighted by Crippen LogP contribution is -2.01. The van der Waals surface area contributed by atoms with Crippen LogP contribution < -0.4 is 0 Å². The predicted molar refractivity (Wildman–Crippen MR) is 103 cm³/mol. The Morgan fingerprint density at radius 3 is 2.24 bits per heavy atom. The number of ether oxygens (including phenoxy) is 1. The van der Waals surface area contributed by atoms with Crippen LogP contribution in [0.15, 0.2) is 65.3 Å². The summed E-state index contributed by atoms with van der Waals surface area (Å²) >= 11 is 5.86. The van der Waals surface area contributed by atoms with Crippen LogP contribution in [0.5, 0.6) is 0 Å². The fraction of sp³-hybridized carbons (Fsp3) is 0.143. The zero-order valence-corrected chi connectivity index (χ0v) is 14.8. The number of halogens is 1. The van der Waals surface area contributed by atoms with E-state index in [2.05, 4.69) is 31.0 Å². The minimum atomic E-state index is -0.441. The van der Waals surface area contributed by atoms with Crippen LogP contribution in [0, 0.1) is 0 Å². The summed E-state index contributed by atoms with van der Waals surface area (Å²) in [7, 11) is 0. The van der Waals surface area contributed by atoms with Crippen molar-refractivity contribution in [2.45, 2.75) is 19.8 Å². The van der Waals surface area contributed by atoms with Crippen molar-refractivity contribution in [3.05, 3.63) is 82.0 Å². The van der Waals surface area contributed by atoms with Crippen molar-refractivity contribution in [2.24, 2.45) is 4.99 Å². The summed E-state index contributed by atoms with van der Waals surface area (Å²) in [5.41, 5.74) is 3.42. The van der Waals surface area contributed by atoms with E-state index in [1.54, 1.807) is 24.3 Å². The van der Waals surface area contributed by atoms with Crippen molar-refractivity contribution in [1.29, 1.82) is 0 Å². The second-order valence-electron chi connectivity index (χ2n) is 6.08. The Morgan fingerprint density at radius 1 is 0.960 bits per heavy atom. The van der Waals surface area contributed by atoms with Crippen LogP contribution >= 0.6 is 11.6 Å². The van der Waals surface area contributed by atoms with Crippen molar-refractivity contribution in [1.82, 2.24) is 0 Å². The molecule has 1 aliphatic rings. The van der Waals surface area contributed by atoms with Crippen LogP contribution in [0.25, 0.3) is 12.2 Å². The van der Waals surface area contributed by atoms with Gasteiger partial charge in [0.25, 0.3) is 0 Å². The number of hydrogen-bond donors (Lipinski definition) is 0. The zero-order chi connectivity index (χ0) is 17.8. The quantitative estimate of drug-likeness (QED) is 0.541. The number of benzene rings is 2. The number of carbonyl (C=O) groups excluding carboxylic acids is 1. The van der Waals surface area contributed by atoms with Gasteiger partial charge in [-0.2, -0.15) is 0 Å². The van der Waals surface area contributed by atoms with Crippen molar-refractivity contribution in [3.63, 3.8) is 0 Å². The molecule has 25 heavy (non-hydrogen) atoms. The molecule has 0 N–H and O–H groups in total. The van der Waals surface area contributed by atoms with Crippen LogP contribution in [0.1, 0.15) is 36.5 Å². The van der Waals surface area contributed by atoms with Crippen LogP contribution in [0.3, 0.4) is 0 Å². The molecule has 0 bridgehead atoms. The number of cyclic esters (lactones) is 1. The van der Waals surface area contributed by atoms with Crippen LogP contribution in [0.2, 0.25) is 5.02 Å². The monoisotopic (exact) mass is 351 g/mol. The third-order valence-corrected chi connectivity index (χ3v) is 4.08. The normalized spacial score (nSPS) is 15.9. The molecule has 3 nitrogen and oxygen atoms in total. The van der Waals surface area contributed by atoms with Gasteiger partial charge in [-0.3, -0.25) is 0 Å². The molecule has 2 aromatic carbocycles. The highest BCUT2D eigenvalue weighted by molar-refractivity contribution is 6.30. The molecule has 4 heteroatoms. The Hall–Kier alpha value is -2.65. The van der Waals surface area contributed by atoms with Gasteiger partial charge >= 0.3 is 5.97 Å². The van der Waals surface area contributed by atoms with Crippen molar-refractivity contribution < 1.29 is 9.53 Å². The van der Waals surface area contributed by atoms with E-state index in [0.717, 1.165) is 11.1 Å². The molecule has 0 amide bonds. The maximum absolute atomic E-state index is 12.0. The van der Waals surface area contributed by atoms with Gasteiger partial charge in [-0.05, 0) is 46.9 Å². The maximum atomic E-state index is 12.0. The summed E-state index contributed by atoms with van der Waals surface area (Å²) in [5.74, 6) is 0.314. The first kappa shape index (κ1) is 17.2. The minimum Gasteiger partial charge on any atom is -0.403 e. The lowest BCUT2D eigenvalue weighted by molar-refractivity contribution is -0.129. The standard InChI is InChI=1S/C21H18ClNO2/c1-14(2)17-8-3-16(4-9-17)13-19-21(24)25-20(23-19)12-7-15-5-10-18(22)11-6-15/h3-14H,1-2H3. The largest absolute Gasteiger partial charge is 0.403 e. The molecule has 0 saturated heterocycles. The summed E-state index contributed by atoms with van der Waals surface area (Å²) in [4.78, 5) is 16.2. The fourth-order valence-corrected chi connectivity index (χ4v) is 2.50. The zero-order valence-electron chi connectivity index (χ0n) is 14.1. The van der Waals surface area contributed by atoms with E-state index >= 15 is 0 Å². The molecule has 0 radical (unpaired) electrons. The third kappa shape index (κ3) is 4.46. The van der Waals surface area contributed by atoms with Gasteiger partial charge in [0.1, 0.15) is 0 Å². The van der Waals surface area contributed by atoms with E-state index in [1.165, 1.54) is 5.56 Å². The molecule has 0 aliphatic carbocycles. The summed E-state index contributed by atoms with van der Waals surface area (Å²) in [6.07, 6.45) is 5.22. The Kier molecular flexibility index (Phi) is 5.15. The van der Waals surface area contributed by atoms with E-state index in [1.807, 2.05) is 30.3 Å². The molecule has 0 spiro atoms. The van der Waals surface area contributed by atoms with E-state index < -0.39 is 5.97 Å². The number of rotatable bonds is 4. The summed E-state index contributed by atoms with van der Waals surface area (Å²) in [6, 6.07) is 15.4. The van der Waals surface area contributed by atoms with Gasteiger partial charge in [0.15, 0.2) is 5.70 Å². The smallest absolute Gasteiger partial charge is 0.363 e. The molecule has 0 atom stereocenters. The third-order valence-electron chi connectivity index (χ3n) is 3.83. The number of aliphatic imine (C=N–C) groups is 1. The first-order valence-corrected chi connectivity index (χ1v) is 8.45. The van der Waals surface area contributed by atoms with Crippen molar-refractivity contribution in [3.8, 4) is 0 Å². The predicted octanol–water partition coefficient (Wildman–Crippen LogP) is 5.47. The number of carbonyl (C=O) groups is 1. The summed E-state index contributed by atoms with van der Waals surface area (Å²) in [5, 5.41) is 0.676. The van der Waals surface area contributed by atoms with Crippen LogP contribution in [-0.4, -0.2) is 11.9 Å². The van der Waals surface area contributed by atoms with E-state index in [9.17, 15) is 4.79 Å². The molecule has 2 aromatic rings. The Bertz CT molecular complexity index is 860. The highest BCUT2D eigenvalue weighted by Crippen LogP contribution is 2.19. The SMILES string of the molecule is CC(C)c1ccc(C=C2N=C(C=Cc3ccc(Cl)cc3)OC2=O)cc1. The van der Waals surface area contributed by atoms with Crippen LogP contribution in [0.4, 0.5) is 0 Å². The number of hydrogen-bond acceptors (Lipinski definition) is 3. The topological polar surface area (TPSA) is 38.7 Å². The van der Waals surface area contributed by atoms with E-state index in [0.29, 0.717) is 16.6 Å². The second kappa shape index (κ2) is 7.49. The van der Waals surface area contributed by atoms with Gasteiger partial charge < -0.3 is 4.74 Å². The minimum absolute atomic E-state index is 0.282. The van der Waals surface area contributed by atoms with Gasteiger partial charge in [-0.1, -0.05) is 61.8 Å². The lowest BCUT2D eigenvalue weighted by atomic mass is 10.0. The first-order valence-electron chi connectivity index (χ1n) is 8.07. The Balaban J connectivity index is 1.76.